The molecule has 1 aromatic carbocycles. The van der Waals surface area contributed by atoms with Crippen LogP contribution in [0.15, 0.2) is 30.6 Å². The fraction of sp³-hybridized carbons (Fsp3) is 0.312. The molecule has 1 aliphatic rings. The van der Waals surface area contributed by atoms with Crippen LogP contribution in [0.5, 0.6) is 5.75 Å². The van der Waals surface area contributed by atoms with E-state index in [9.17, 15) is 9.59 Å². The number of nitrogens with one attached hydrogen (secondary N) is 1. The monoisotopic (exact) mass is 315 g/mol. The highest BCUT2D eigenvalue weighted by atomic mass is 16.5. The molecule has 0 fully saturated rings. The Morgan fingerprint density at radius 3 is 3.00 bits per heavy atom. The highest BCUT2D eigenvalue weighted by Crippen LogP contribution is 2.25. The third-order valence-electron chi connectivity index (χ3n) is 4.01. The van der Waals surface area contributed by atoms with Gasteiger partial charge in [-0.25, -0.2) is 9.78 Å². The Bertz CT molecular complexity index is 754. The molecule has 2 aromatic rings. The standard InChI is InChI=1S/C16H17N3O4/c1-23-13-8-11(3-4-12(13)16(21)22)18-15(20)10-2-5-14-17-6-7-19(14)9-10/h3-4,6-8,10H,2,5,9H2,1H3,(H,18,20)(H,21,22). The summed E-state index contributed by atoms with van der Waals surface area (Å²) < 4.78 is 7.05. The van der Waals surface area contributed by atoms with Crippen molar-refractivity contribution in [2.75, 3.05) is 12.4 Å². The minimum Gasteiger partial charge on any atom is -0.496 e. The molecule has 7 nitrogen and oxygen atoms in total. The van der Waals surface area contributed by atoms with E-state index in [0.717, 1.165) is 18.7 Å². The van der Waals surface area contributed by atoms with Crippen LogP contribution in [0.3, 0.4) is 0 Å². The molecule has 0 saturated carbocycles. The Morgan fingerprint density at radius 1 is 1.43 bits per heavy atom. The minimum atomic E-state index is -1.07. The average Bonchev–Trinajstić information content (AvgIpc) is 3.01. The predicted octanol–water partition coefficient (Wildman–Crippen LogP) is 1.79. The third-order valence-corrected chi connectivity index (χ3v) is 4.01. The van der Waals surface area contributed by atoms with Crippen LogP contribution >= 0.6 is 0 Å². The van der Waals surface area contributed by atoms with Gasteiger partial charge in [0.15, 0.2) is 0 Å². The molecule has 120 valence electrons. The van der Waals surface area contributed by atoms with Gasteiger partial charge in [0.2, 0.25) is 5.91 Å². The number of amides is 1. The maximum absolute atomic E-state index is 12.4. The van der Waals surface area contributed by atoms with E-state index in [1.165, 1.54) is 19.2 Å². The fourth-order valence-corrected chi connectivity index (χ4v) is 2.77. The smallest absolute Gasteiger partial charge is 0.339 e. The van der Waals surface area contributed by atoms with Gasteiger partial charge < -0.3 is 19.7 Å². The van der Waals surface area contributed by atoms with Crippen molar-refractivity contribution in [2.45, 2.75) is 19.4 Å². The quantitative estimate of drug-likeness (QED) is 0.897. The SMILES string of the molecule is COc1cc(NC(=O)C2CCc3nccn3C2)ccc1C(=O)O. The number of hydrogen-bond donors (Lipinski definition) is 2. The van der Waals surface area contributed by atoms with Crippen molar-refractivity contribution in [3.8, 4) is 5.75 Å². The van der Waals surface area contributed by atoms with Gasteiger partial charge in [-0.3, -0.25) is 4.79 Å². The van der Waals surface area contributed by atoms with E-state index in [1.54, 1.807) is 12.3 Å². The van der Waals surface area contributed by atoms with Gasteiger partial charge in [0.05, 0.1) is 13.0 Å². The number of nitrogens with zero attached hydrogens (tertiary/aromatic N) is 2. The molecule has 0 aliphatic carbocycles. The normalized spacial score (nSPS) is 16.5. The molecule has 1 aliphatic heterocycles. The van der Waals surface area contributed by atoms with Gasteiger partial charge in [0.1, 0.15) is 17.1 Å². The van der Waals surface area contributed by atoms with Crippen LogP contribution in [0, 0.1) is 5.92 Å². The number of hydrogen-bond acceptors (Lipinski definition) is 4. The summed E-state index contributed by atoms with van der Waals surface area (Å²) in [5.41, 5.74) is 0.583. The second-order valence-corrected chi connectivity index (χ2v) is 5.44. The number of aromatic nitrogens is 2. The van der Waals surface area contributed by atoms with E-state index in [4.69, 9.17) is 9.84 Å². The highest BCUT2D eigenvalue weighted by Gasteiger charge is 2.25. The van der Waals surface area contributed by atoms with Crippen molar-refractivity contribution in [2.24, 2.45) is 5.92 Å². The number of benzene rings is 1. The number of carbonyl (C=O) groups excluding carboxylic acids is 1. The van der Waals surface area contributed by atoms with E-state index in [-0.39, 0.29) is 23.1 Å². The van der Waals surface area contributed by atoms with E-state index in [2.05, 4.69) is 10.3 Å². The summed E-state index contributed by atoms with van der Waals surface area (Å²) in [6.07, 6.45) is 5.13. The number of aromatic carboxylic acids is 1. The Morgan fingerprint density at radius 2 is 2.26 bits per heavy atom. The minimum absolute atomic E-state index is 0.0613. The van der Waals surface area contributed by atoms with Crippen LogP contribution < -0.4 is 10.1 Å². The van der Waals surface area contributed by atoms with Crippen LogP contribution in [0.4, 0.5) is 5.69 Å². The molecule has 0 spiro atoms. The van der Waals surface area contributed by atoms with Crippen molar-refractivity contribution >= 4 is 17.6 Å². The second-order valence-electron chi connectivity index (χ2n) is 5.44. The van der Waals surface area contributed by atoms with Crippen molar-refractivity contribution in [3.63, 3.8) is 0 Å². The van der Waals surface area contributed by atoms with Crippen LogP contribution in [0.25, 0.3) is 0 Å². The van der Waals surface area contributed by atoms with E-state index in [1.807, 2.05) is 10.8 Å². The number of methoxy groups -OCH3 is 1. The summed E-state index contributed by atoms with van der Waals surface area (Å²) in [5.74, 6) is -0.0756. The highest BCUT2D eigenvalue weighted by molar-refractivity contribution is 5.95. The molecule has 0 bridgehead atoms. The summed E-state index contributed by atoms with van der Waals surface area (Å²) >= 11 is 0. The van der Waals surface area contributed by atoms with Crippen molar-refractivity contribution in [3.05, 3.63) is 42.0 Å². The Kier molecular flexibility index (Phi) is 4.01. The summed E-state index contributed by atoms with van der Waals surface area (Å²) in [6, 6.07) is 4.51. The zero-order valence-corrected chi connectivity index (χ0v) is 12.7. The number of carboxylic acid groups (broad SMARTS) is 1. The largest absolute Gasteiger partial charge is 0.496 e. The molecule has 1 atom stereocenters. The first kappa shape index (κ1) is 15.1. The number of ether oxygens (including phenoxy) is 1. The van der Waals surface area contributed by atoms with Gasteiger partial charge in [-0.2, -0.15) is 0 Å². The van der Waals surface area contributed by atoms with E-state index in [0.29, 0.717) is 12.2 Å². The predicted molar refractivity (Wildman–Crippen MR) is 82.6 cm³/mol. The first-order valence-corrected chi connectivity index (χ1v) is 7.30. The zero-order chi connectivity index (χ0) is 16.4. The Labute approximate surface area is 132 Å². The number of rotatable bonds is 4. The summed E-state index contributed by atoms with van der Waals surface area (Å²) in [4.78, 5) is 27.7. The number of imidazole rings is 1. The lowest BCUT2D eigenvalue weighted by Crippen LogP contribution is -2.31. The fourth-order valence-electron chi connectivity index (χ4n) is 2.77. The van der Waals surface area contributed by atoms with Gasteiger partial charge in [0.25, 0.3) is 0 Å². The molecule has 2 N–H and O–H groups in total. The molecule has 2 heterocycles. The number of anilines is 1. The van der Waals surface area contributed by atoms with E-state index < -0.39 is 5.97 Å². The second kappa shape index (κ2) is 6.12. The lowest BCUT2D eigenvalue weighted by molar-refractivity contribution is -0.120. The maximum atomic E-state index is 12.4. The van der Waals surface area contributed by atoms with Crippen molar-refractivity contribution in [1.29, 1.82) is 0 Å². The number of fused-ring (bicyclic) bond motifs is 1. The molecule has 0 radical (unpaired) electrons. The van der Waals surface area contributed by atoms with Gasteiger partial charge in [0, 0.05) is 37.1 Å². The molecule has 1 amide bonds. The van der Waals surface area contributed by atoms with Gasteiger partial charge in [-0.15, -0.1) is 0 Å². The zero-order valence-electron chi connectivity index (χ0n) is 12.7. The molecule has 23 heavy (non-hydrogen) atoms. The molecule has 7 heteroatoms. The first-order chi connectivity index (χ1) is 11.1. The molecule has 1 unspecified atom stereocenters. The Hall–Kier alpha value is -2.83. The number of aryl methyl sites for hydroxylation is 1. The number of carbonyl (C=O) groups is 2. The van der Waals surface area contributed by atoms with Crippen molar-refractivity contribution < 1.29 is 19.4 Å². The maximum Gasteiger partial charge on any atom is 0.339 e. The van der Waals surface area contributed by atoms with Crippen LogP contribution in [0.1, 0.15) is 22.6 Å². The molecular formula is C16H17N3O4. The molecule has 0 saturated heterocycles. The Balaban J connectivity index is 1.72. The summed E-state index contributed by atoms with van der Waals surface area (Å²) in [5, 5.41) is 11.9. The summed E-state index contributed by atoms with van der Waals surface area (Å²) in [6.45, 7) is 0.603. The van der Waals surface area contributed by atoms with Gasteiger partial charge >= 0.3 is 5.97 Å². The molecule has 1 aromatic heterocycles. The molecular weight excluding hydrogens is 298 g/mol. The third kappa shape index (κ3) is 3.03. The van der Waals surface area contributed by atoms with Crippen molar-refractivity contribution in [1.82, 2.24) is 9.55 Å². The topological polar surface area (TPSA) is 93.5 Å². The molecule has 3 rings (SSSR count). The number of carboxylic acids is 1. The van der Waals surface area contributed by atoms with E-state index >= 15 is 0 Å². The van der Waals surface area contributed by atoms with Gasteiger partial charge in [-0.1, -0.05) is 0 Å². The summed E-state index contributed by atoms with van der Waals surface area (Å²) in [7, 11) is 1.40. The van der Waals surface area contributed by atoms with Crippen LogP contribution in [0.2, 0.25) is 0 Å². The van der Waals surface area contributed by atoms with Gasteiger partial charge in [-0.05, 0) is 18.6 Å². The van der Waals surface area contributed by atoms with Crippen LogP contribution in [-0.4, -0.2) is 33.6 Å². The average molecular weight is 315 g/mol. The first-order valence-electron chi connectivity index (χ1n) is 7.30. The van der Waals surface area contributed by atoms with Crippen LogP contribution in [-0.2, 0) is 17.8 Å². The lowest BCUT2D eigenvalue weighted by Gasteiger charge is -2.23. The lowest BCUT2D eigenvalue weighted by atomic mass is 9.98.